The summed E-state index contributed by atoms with van der Waals surface area (Å²) in [5.74, 6) is -0.515. The van der Waals surface area contributed by atoms with Crippen molar-refractivity contribution in [3.63, 3.8) is 0 Å². The standard InChI is InChI=1S/C9H14O3/c1-12-9(11)8-5-3-2-4-7(8)6-10/h6-8H,2-5H2,1H3/t7-,8+/m1/s1. The van der Waals surface area contributed by atoms with Crippen molar-refractivity contribution in [1.29, 1.82) is 0 Å². The summed E-state index contributed by atoms with van der Waals surface area (Å²) in [4.78, 5) is 21.7. The van der Waals surface area contributed by atoms with Gasteiger partial charge in [0.25, 0.3) is 0 Å². The molecule has 0 saturated heterocycles. The van der Waals surface area contributed by atoms with Gasteiger partial charge in [0, 0.05) is 5.92 Å². The molecule has 2 atom stereocenters. The predicted molar refractivity (Wildman–Crippen MR) is 43.5 cm³/mol. The van der Waals surface area contributed by atoms with E-state index in [1.807, 2.05) is 0 Å². The van der Waals surface area contributed by atoms with Crippen molar-refractivity contribution in [3.05, 3.63) is 0 Å². The zero-order valence-corrected chi connectivity index (χ0v) is 7.29. The molecule has 1 rings (SSSR count). The maximum atomic E-state index is 11.2. The Morgan fingerprint density at radius 1 is 1.42 bits per heavy atom. The minimum absolute atomic E-state index is 0.105. The van der Waals surface area contributed by atoms with E-state index in [1.165, 1.54) is 7.11 Å². The SMILES string of the molecule is COC(=O)[C@H]1CCCC[C@@H]1C=O. The molecule has 0 amide bonds. The number of esters is 1. The van der Waals surface area contributed by atoms with Crippen molar-refractivity contribution in [3.8, 4) is 0 Å². The molecule has 0 N–H and O–H groups in total. The minimum Gasteiger partial charge on any atom is -0.469 e. The summed E-state index contributed by atoms with van der Waals surface area (Å²) in [6.07, 6.45) is 4.61. The number of aldehydes is 1. The second-order valence-corrected chi connectivity index (χ2v) is 3.21. The van der Waals surface area contributed by atoms with Crippen molar-refractivity contribution in [1.82, 2.24) is 0 Å². The molecule has 1 fully saturated rings. The summed E-state index contributed by atoms with van der Waals surface area (Å²) in [7, 11) is 1.37. The monoisotopic (exact) mass is 170 g/mol. The Morgan fingerprint density at radius 3 is 2.67 bits per heavy atom. The fourth-order valence-corrected chi connectivity index (χ4v) is 1.77. The molecule has 0 bridgehead atoms. The molecule has 3 nitrogen and oxygen atoms in total. The summed E-state index contributed by atoms with van der Waals surface area (Å²) >= 11 is 0. The minimum atomic E-state index is -0.230. The van der Waals surface area contributed by atoms with Gasteiger partial charge in [-0.05, 0) is 12.8 Å². The molecule has 0 radical (unpaired) electrons. The van der Waals surface area contributed by atoms with Gasteiger partial charge in [-0.2, -0.15) is 0 Å². The van der Waals surface area contributed by atoms with E-state index in [1.54, 1.807) is 0 Å². The Kier molecular flexibility index (Phi) is 3.26. The van der Waals surface area contributed by atoms with Crippen molar-refractivity contribution in [2.24, 2.45) is 11.8 Å². The number of carbonyl (C=O) groups is 2. The van der Waals surface area contributed by atoms with Crippen molar-refractivity contribution in [2.45, 2.75) is 25.7 Å². The summed E-state index contributed by atoms with van der Waals surface area (Å²) in [6.45, 7) is 0. The summed E-state index contributed by atoms with van der Waals surface area (Å²) in [6, 6.07) is 0. The molecule has 3 heteroatoms. The maximum Gasteiger partial charge on any atom is 0.309 e. The van der Waals surface area contributed by atoms with Crippen LogP contribution in [-0.4, -0.2) is 19.4 Å². The van der Waals surface area contributed by atoms with Gasteiger partial charge < -0.3 is 9.53 Å². The lowest BCUT2D eigenvalue weighted by Gasteiger charge is -2.24. The fourth-order valence-electron chi connectivity index (χ4n) is 1.77. The number of rotatable bonds is 2. The second kappa shape index (κ2) is 4.24. The maximum absolute atomic E-state index is 11.2. The quantitative estimate of drug-likeness (QED) is 0.461. The van der Waals surface area contributed by atoms with Gasteiger partial charge >= 0.3 is 5.97 Å². The Labute approximate surface area is 72.1 Å². The molecule has 12 heavy (non-hydrogen) atoms. The van der Waals surface area contributed by atoms with Crippen molar-refractivity contribution >= 4 is 12.3 Å². The van der Waals surface area contributed by atoms with Crippen molar-refractivity contribution < 1.29 is 14.3 Å². The van der Waals surface area contributed by atoms with Crippen LogP contribution in [0.5, 0.6) is 0 Å². The Hall–Kier alpha value is -0.860. The molecule has 0 aromatic rings. The second-order valence-electron chi connectivity index (χ2n) is 3.21. The van der Waals surface area contributed by atoms with E-state index in [4.69, 9.17) is 0 Å². The fraction of sp³-hybridized carbons (Fsp3) is 0.778. The topological polar surface area (TPSA) is 43.4 Å². The number of ether oxygens (including phenoxy) is 1. The normalized spacial score (nSPS) is 29.4. The zero-order valence-electron chi connectivity index (χ0n) is 7.29. The largest absolute Gasteiger partial charge is 0.469 e. The van der Waals surface area contributed by atoms with Gasteiger partial charge in [-0.3, -0.25) is 4.79 Å². The highest BCUT2D eigenvalue weighted by molar-refractivity contribution is 5.76. The first-order chi connectivity index (χ1) is 5.79. The third-order valence-corrected chi connectivity index (χ3v) is 2.50. The molecule has 0 spiro atoms. The van der Waals surface area contributed by atoms with Gasteiger partial charge in [-0.1, -0.05) is 12.8 Å². The van der Waals surface area contributed by atoms with E-state index in [0.717, 1.165) is 32.0 Å². The molecule has 1 aliphatic rings. The molecule has 1 saturated carbocycles. The first-order valence-electron chi connectivity index (χ1n) is 4.32. The number of carbonyl (C=O) groups excluding carboxylic acids is 2. The molecular formula is C9H14O3. The summed E-state index contributed by atoms with van der Waals surface area (Å²) in [5.41, 5.74) is 0. The van der Waals surface area contributed by atoms with Crippen LogP contribution in [-0.2, 0) is 14.3 Å². The lowest BCUT2D eigenvalue weighted by atomic mass is 9.80. The van der Waals surface area contributed by atoms with Crippen LogP contribution in [0.4, 0.5) is 0 Å². The van der Waals surface area contributed by atoms with Crippen LogP contribution in [0.3, 0.4) is 0 Å². The highest BCUT2D eigenvalue weighted by Gasteiger charge is 2.31. The van der Waals surface area contributed by atoms with E-state index in [0.29, 0.717) is 0 Å². The van der Waals surface area contributed by atoms with Gasteiger partial charge in [0.15, 0.2) is 0 Å². The molecule has 0 aliphatic heterocycles. The van der Waals surface area contributed by atoms with Gasteiger partial charge in [0.05, 0.1) is 13.0 Å². The molecule has 0 aromatic carbocycles. The van der Waals surface area contributed by atoms with Crippen LogP contribution < -0.4 is 0 Å². The third-order valence-electron chi connectivity index (χ3n) is 2.50. The first-order valence-corrected chi connectivity index (χ1v) is 4.32. The molecule has 0 aromatic heterocycles. The first kappa shape index (κ1) is 9.23. The van der Waals surface area contributed by atoms with Crippen LogP contribution in [0.1, 0.15) is 25.7 Å². The average Bonchev–Trinajstić information content (AvgIpc) is 2.16. The van der Waals surface area contributed by atoms with Crippen LogP contribution in [0, 0.1) is 11.8 Å². The molecule has 68 valence electrons. The van der Waals surface area contributed by atoms with E-state index < -0.39 is 0 Å². The zero-order chi connectivity index (χ0) is 8.97. The lowest BCUT2D eigenvalue weighted by Crippen LogP contribution is -2.28. The van der Waals surface area contributed by atoms with E-state index >= 15 is 0 Å². The average molecular weight is 170 g/mol. The Morgan fingerprint density at radius 2 is 2.08 bits per heavy atom. The Balaban J connectivity index is 2.58. The van der Waals surface area contributed by atoms with Crippen molar-refractivity contribution in [2.75, 3.05) is 7.11 Å². The summed E-state index contributed by atoms with van der Waals surface area (Å²) in [5, 5.41) is 0. The van der Waals surface area contributed by atoms with E-state index in [2.05, 4.69) is 4.74 Å². The number of hydrogen-bond acceptors (Lipinski definition) is 3. The van der Waals surface area contributed by atoms with Crippen LogP contribution in [0.15, 0.2) is 0 Å². The summed E-state index contributed by atoms with van der Waals surface area (Å²) < 4.78 is 4.62. The van der Waals surface area contributed by atoms with Gasteiger partial charge in [0.2, 0.25) is 0 Å². The van der Waals surface area contributed by atoms with Gasteiger partial charge in [-0.15, -0.1) is 0 Å². The predicted octanol–water partition coefficient (Wildman–Crippen LogP) is 1.16. The van der Waals surface area contributed by atoms with Crippen LogP contribution in [0.25, 0.3) is 0 Å². The number of hydrogen-bond donors (Lipinski definition) is 0. The van der Waals surface area contributed by atoms with E-state index in [9.17, 15) is 9.59 Å². The third kappa shape index (κ3) is 1.84. The van der Waals surface area contributed by atoms with Gasteiger partial charge in [-0.25, -0.2) is 0 Å². The van der Waals surface area contributed by atoms with Gasteiger partial charge in [0.1, 0.15) is 6.29 Å². The lowest BCUT2D eigenvalue weighted by molar-refractivity contribution is -0.149. The van der Waals surface area contributed by atoms with Crippen LogP contribution >= 0.6 is 0 Å². The highest BCUT2D eigenvalue weighted by atomic mass is 16.5. The molecular weight excluding hydrogens is 156 g/mol. The Bertz CT molecular complexity index is 177. The highest BCUT2D eigenvalue weighted by Crippen LogP contribution is 2.29. The molecule has 0 heterocycles. The van der Waals surface area contributed by atoms with Crippen LogP contribution in [0.2, 0.25) is 0 Å². The number of methoxy groups -OCH3 is 1. The molecule has 0 unspecified atom stereocenters. The smallest absolute Gasteiger partial charge is 0.309 e. The van der Waals surface area contributed by atoms with E-state index in [-0.39, 0.29) is 17.8 Å². The molecule has 1 aliphatic carbocycles.